The number of likely N-dealkylation sites (tertiary alicyclic amines) is 1. The Hall–Kier alpha value is -3.59. The van der Waals surface area contributed by atoms with Crippen molar-refractivity contribution in [1.29, 1.82) is 0 Å². The second-order valence-electron chi connectivity index (χ2n) is 10.3. The molecule has 2 aliphatic heterocycles. The molecule has 2 heterocycles. The van der Waals surface area contributed by atoms with Crippen LogP contribution in [-0.2, 0) is 26.3 Å². The van der Waals surface area contributed by atoms with Gasteiger partial charge in [-0.15, -0.1) is 10.2 Å². The van der Waals surface area contributed by atoms with Gasteiger partial charge in [0.25, 0.3) is 5.79 Å². The number of amidine groups is 1. The molecule has 2 aromatic carbocycles. The summed E-state index contributed by atoms with van der Waals surface area (Å²) in [7, 11) is 1.61. The van der Waals surface area contributed by atoms with Crippen LogP contribution in [0.2, 0.25) is 0 Å². The van der Waals surface area contributed by atoms with E-state index in [4.69, 9.17) is 9.47 Å². The highest BCUT2D eigenvalue weighted by molar-refractivity contribution is 5.87. The lowest BCUT2D eigenvalue weighted by atomic mass is 9.81. The molecule has 0 radical (unpaired) electrons. The fourth-order valence-electron chi connectivity index (χ4n) is 5.20. The van der Waals surface area contributed by atoms with Crippen molar-refractivity contribution in [3.63, 3.8) is 0 Å². The zero-order valence-corrected chi connectivity index (χ0v) is 23.6. The van der Waals surface area contributed by atoms with E-state index >= 15 is 0 Å². The van der Waals surface area contributed by atoms with E-state index in [-0.39, 0.29) is 18.2 Å². The Kier molecular flexibility index (Phi) is 8.80. The van der Waals surface area contributed by atoms with Gasteiger partial charge in [-0.25, -0.2) is 4.99 Å². The highest BCUT2D eigenvalue weighted by Crippen LogP contribution is 2.41. The van der Waals surface area contributed by atoms with Gasteiger partial charge in [0.1, 0.15) is 23.1 Å². The quantitative estimate of drug-likeness (QED) is 0.396. The monoisotopic (exact) mass is 533 g/mol. The number of aliphatic imine (C=N–C) groups is 1. The summed E-state index contributed by atoms with van der Waals surface area (Å²) in [4.78, 5) is 33.3. The summed E-state index contributed by atoms with van der Waals surface area (Å²) in [6.07, 6.45) is 2.52. The topological polar surface area (TPSA) is 105 Å². The Morgan fingerprint density at radius 3 is 2.38 bits per heavy atom. The van der Waals surface area contributed by atoms with Gasteiger partial charge >= 0.3 is 0 Å². The SMILES string of the molecule is CCCCOC1(c2ccccc2C)CN(C(=O)[C@H](Cc2ccc(OC)cc2)C2(NC(=O)CC)N=NC(C)=N2)C1. The van der Waals surface area contributed by atoms with Gasteiger partial charge in [-0.1, -0.05) is 56.7 Å². The van der Waals surface area contributed by atoms with Crippen molar-refractivity contribution >= 4 is 17.6 Å². The lowest BCUT2D eigenvalue weighted by Crippen LogP contribution is -2.66. The number of nitrogens with zero attached hydrogens (tertiary/aromatic N) is 4. The van der Waals surface area contributed by atoms with Gasteiger partial charge in [0, 0.05) is 13.0 Å². The molecule has 0 spiro atoms. The minimum absolute atomic E-state index is 0.150. The van der Waals surface area contributed by atoms with E-state index in [9.17, 15) is 9.59 Å². The normalized spacial score (nSPS) is 20.2. The number of unbranched alkanes of at least 4 members (excludes halogenated alkanes) is 1. The summed E-state index contributed by atoms with van der Waals surface area (Å²) < 4.78 is 11.8. The third kappa shape index (κ3) is 6.03. The maximum Gasteiger partial charge on any atom is 0.260 e. The van der Waals surface area contributed by atoms with Crippen LogP contribution in [0.5, 0.6) is 5.75 Å². The van der Waals surface area contributed by atoms with Gasteiger partial charge in [-0.2, -0.15) is 0 Å². The average molecular weight is 534 g/mol. The molecule has 0 bridgehead atoms. The van der Waals surface area contributed by atoms with Crippen molar-refractivity contribution in [3.8, 4) is 5.75 Å². The van der Waals surface area contributed by atoms with Gasteiger partial charge in [-0.3, -0.25) is 9.59 Å². The van der Waals surface area contributed by atoms with Crippen molar-refractivity contribution < 1.29 is 19.1 Å². The second-order valence-corrected chi connectivity index (χ2v) is 10.3. The molecule has 0 aromatic heterocycles. The first kappa shape index (κ1) is 28.4. The van der Waals surface area contributed by atoms with Crippen molar-refractivity contribution in [2.45, 2.75) is 64.8 Å². The smallest absolute Gasteiger partial charge is 0.260 e. The molecule has 9 nitrogen and oxygen atoms in total. The zero-order chi connectivity index (χ0) is 28.0. The molecular formula is C30H39N5O4. The highest BCUT2D eigenvalue weighted by Gasteiger charge is 2.54. The van der Waals surface area contributed by atoms with E-state index in [1.54, 1.807) is 25.9 Å². The molecule has 208 valence electrons. The van der Waals surface area contributed by atoms with E-state index in [0.29, 0.717) is 32.0 Å². The van der Waals surface area contributed by atoms with E-state index in [1.807, 2.05) is 36.4 Å². The molecule has 0 aliphatic carbocycles. The fraction of sp³-hybridized carbons (Fsp3) is 0.500. The number of rotatable bonds is 12. The van der Waals surface area contributed by atoms with E-state index in [2.05, 4.69) is 46.5 Å². The first-order chi connectivity index (χ1) is 18.8. The van der Waals surface area contributed by atoms with Crippen LogP contribution >= 0.6 is 0 Å². The fourth-order valence-corrected chi connectivity index (χ4v) is 5.20. The van der Waals surface area contributed by atoms with Crippen LogP contribution in [0.25, 0.3) is 0 Å². The minimum Gasteiger partial charge on any atom is -0.497 e. The number of amides is 2. The lowest BCUT2D eigenvalue weighted by Gasteiger charge is -2.52. The summed E-state index contributed by atoms with van der Waals surface area (Å²) in [6.45, 7) is 9.12. The third-order valence-electron chi connectivity index (χ3n) is 7.42. The van der Waals surface area contributed by atoms with Crippen molar-refractivity contribution in [3.05, 3.63) is 65.2 Å². The molecule has 2 amide bonds. The first-order valence-electron chi connectivity index (χ1n) is 13.7. The average Bonchev–Trinajstić information content (AvgIpc) is 3.29. The second kappa shape index (κ2) is 12.1. The molecule has 1 saturated heterocycles. The van der Waals surface area contributed by atoms with Gasteiger partial charge in [-0.05, 0) is 55.5 Å². The minimum atomic E-state index is -1.50. The molecule has 9 heteroatoms. The highest BCUT2D eigenvalue weighted by atomic mass is 16.5. The number of ether oxygens (including phenoxy) is 2. The van der Waals surface area contributed by atoms with Crippen LogP contribution in [0.15, 0.2) is 63.8 Å². The molecule has 1 unspecified atom stereocenters. The maximum absolute atomic E-state index is 14.3. The Bertz CT molecular complexity index is 1240. The number of hydrogen-bond acceptors (Lipinski definition) is 7. The van der Waals surface area contributed by atoms with Crippen LogP contribution in [0.4, 0.5) is 0 Å². The Balaban J connectivity index is 1.66. The summed E-state index contributed by atoms with van der Waals surface area (Å²) in [5.41, 5.74) is 2.56. The summed E-state index contributed by atoms with van der Waals surface area (Å²) in [5.74, 6) is -1.56. The number of hydrogen-bond donors (Lipinski definition) is 1. The summed E-state index contributed by atoms with van der Waals surface area (Å²) in [5, 5.41) is 11.4. The number of nitrogens with one attached hydrogen (secondary N) is 1. The Labute approximate surface area is 230 Å². The van der Waals surface area contributed by atoms with Crippen molar-refractivity contribution in [2.24, 2.45) is 21.1 Å². The molecule has 2 atom stereocenters. The molecule has 2 aromatic rings. The van der Waals surface area contributed by atoms with E-state index in [1.165, 1.54) is 0 Å². The van der Waals surface area contributed by atoms with E-state index < -0.39 is 17.3 Å². The summed E-state index contributed by atoms with van der Waals surface area (Å²) in [6, 6.07) is 15.7. The standard InChI is InChI=1S/C30H39N5O4/c1-6-8-17-39-29(25-12-10-9-11-21(25)3)19-35(20-29)28(37)26(18-23-13-15-24(38-5)16-14-23)30(32-27(36)7-2)31-22(4)33-34-30/h9-16,26H,6-8,17-20H2,1-5H3,(H,32,36)/t26-,30?/m0/s1. The predicted octanol–water partition coefficient (Wildman–Crippen LogP) is 4.78. The number of benzene rings is 2. The number of carbonyl (C=O) groups is 2. The molecule has 2 aliphatic rings. The number of aryl methyl sites for hydroxylation is 1. The van der Waals surface area contributed by atoms with Crippen LogP contribution in [-0.4, -0.2) is 55.1 Å². The molecular weight excluding hydrogens is 494 g/mol. The van der Waals surface area contributed by atoms with Crippen LogP contribution < -0.4 is 10.1 Å². The van der Waals surface area contributed by atoms with Gasteiger partial charge in [0.2, 0.25) is 11.8 Å². The molecule has 39 heavy (non-hydrogen) atoms. The largest absolute Gasteiger partial charge is 0.497 e. The molecule has 4 rings (SSSR count). The zero-order valence-electron chi connectivity index (χ0n) is 23.6. The van der Waals surface area contributed by atoms with Crippen molar-refractivity contribution in [2.75, 3.05) is 26.8 Å². The van der Waals surface area contributed by atoms with Gasteiger partial charge in [0.05, 0.1) is 20.2 Å². The van der Waals surface area contributed by atoms with Crippen LogP contribution in [0.1, 0.15) is 56.7 Å². The first-order valence-corrected chi connectivity index (χ1v) is 13.7. The Morgan fingerprint density at radius 1 is 1.08 bits per heavy atom. The Morgan fingerprint density at radius 2 is 1.79 bits per heavy atom. The van der Waals surface area contributed by atoms with Crippen LogP contribution in [0.3, 0.4) is 0 Å². The number of methoxy groups -OCH3 is 1. The van der Waals surface area contributed by atoms with E-state index in [0.717, 1.165) is 35.3 Å². The third-order valence-corrected chi connectivity index (χ3v) is 7.42. The molecule has 0 saturated carbocycles. The predicted molar refractivity (Wildman–Crippen MR) is 150 cm³/mol. The number of carbonyl (C=O) groups excluding carboxylic acids is 2. The molecule has 1 N–H and O–H groups in total. The van der Waals surface area contributed by atoms with Crippen molar-refractivity contribution in [1.82, 2.24) is 10.2 Å². The number of azo groups is 1. The summed E-state index contributed by atoms with van der Waals surface area (Å²) >= 11 is 0. The maximum atomic E-state index is 14.3. The van der Waals surface area contributed by atoms with Gasteiger partial charge in [0.15, 0.2) is 0 Å². The van der Waals surface area contributed by atoms with Crippen LogP contribution in [0, 0.1) is 12.8 Å². The van der Waals surface area contributed by atoms with Gasteiger partial charge < -0.3 is 19.7 Å². The lowest BCUT2D eigenvalue weighted by molar-refractivity contribution is -0.179. The molecule has 1 fully saturated rings.